The summed E-state index contributed by atoms with van der Waals surface area (Å²) in [6.07, 6.45) is -3.43. The topological polar surface area (TPSA) is 89.5 Å². The lowest BCUT2D eigenvalue weighted by atomic mass is 9.90. The Hall–Kier alpha value is -3.01. The average Bonchev–Trinajstić information content (AvgIpc) is 2.73. The van der Waals surface area contributed by atoms with E-state index in [2.05, 4.69) is 15.6 Å². The second kappa shape index (κ2) is 11.4. The molecule has 2 N–H and O–H groups in total. The number of aromatic nitrogens is 1. The molecule has 1 aromatic carbocycles. The maximum atomic E-state index is 12.8. The zero-order chi connectivity index (χ0) is 25.5. The van der Waals surface area contributed by atoms with Crippen LogP contribution in [0.4, 0.5) is 24.5 Å². The highest BCUT2D eigenvalue weighted by atomic mass is 35.5. The minimum absolute atomic E-state index is 0.00288. The van der Waals surface area contributed by atoms with E-state index in [1.807, 2.05) is 0 Å². The van der Waals surface area contributed by atoms with Crippen molar-refractivity contribution in [1.82, 2.24) is 4.98 Å². The SMILES string of the molecule is CCOC(=O)C(C)(C)CCOc1ccc(NC(C)=O)c(NCc2ncc(C(F)(F)F)cc2Cl)c1. The fourth-order valence-corrected chi connectivity index (χ4v) is 3.07. The van der Waals surface area contributed by atoms with E-state index < -0.39 is 17.2 Å². The molecule has 0 radical (unpaired) electrons. The lowest BCUT2D eigenvalue weighted by Gasteiger charge is -2.22. The smallest absolute Gasteiger partial charge is 0.417 e. The van der Waals surface area contributed by atoms with Gasteiger partial charge < -0.3 is 20.1 Å². The number of benzene rings is 1. The molecule has 0 aliphatic carbocycles. The highest BCUT2D eigenvalue weighted by molar-refractivity contribution is 6.31. The molecule has 2 rings (SSSR count). The average molecular weight is 502 g/mol. The first-order valence-electron chi connectivity index (χ1n) is 10.5. The van der Waals surface area contributed by atoms with Crippen LogP contribution in [0.1, 0.15) is 45.4 Å². The third-order valence-electron chi connectivity index (χ3n) is 4.82. The van der Waals surface area contributed by atoms with Crippen LogP contribution in [-0.4, -0.2) is 30.1 Å². The number of alkyl halides is 3. The van der Waals surface area contributed by atoms with Gasteiger partial charge in [0.05, 0.1) is 52.8 Å². The van der Waals surface area contributed by atoms with E-state index in [-0.39, 0.29) is 35.7 Å². The van der Waals surface area contributed by atoms with Crippen molar-refractivity contribution in [2.45, 2.75) is 46.8 Å². The van der Waals surface area contributed by atoms with Crippen LogP contribution in [0.2, 0.25) is 5.02 Å². The Morgan fingerprint density at radius 1 is 1.15 bits per heavy atom. The van der Waals surface area contributed by atoms with E-state index in [1.54, 1.807) is 39.0 Å². The van der Waals surface area contributed by atoms with Crippen LogP contribution >= 0.6 is 11.6 Å². The molecule has 0 fully saturated rings. The molecule has 11 heteroatoms. The van der Waals surface area contributed by atoms with Crippen molar-refractivity contribution in [1.29, 1.82) is 0 Å². The summed E-state index contributed by atoms with van der Waals surface area (Å²) in [5, 5.41) is 5.55. The Labute approximate surface area is 201 Å². The first-order valence-corrected chi connectivity index (χ1v) is 10.9. The van der Waals surface area contributed by atoms with Crippen LogP contribution in [0.5, 0.6) is 5.75 Å². The Morgan fingerprint density at radius 2 is 1.85 bits per heavy atom. The molecule has 0 saturated heterocycles. The van der Waals surface area contributed by atoms with Gasteiger partial charge in [0.25, 0.3) is 0 Å². The molecule has 1 amide bonds. The minimum Gasteiger partial charge on any atom is -0.493 e. The molecule has 0 aliphatic rings. The number of carbonyl (C=O) groups excluding carboxylic acids is 2. The number of ether oxygens (including phenoxy) is 2. The van der Waals surface area contributed by atoms with Crippen LogP contribution in [0, 0.1) is 5.41 Å². The van der Waals surface area contributed by atoms with Crippen molar-refractivity contribution < 1.29 is 32.2 Å². The number of nitrogens with one attached hydrogen (secondary N) is 2. The molecule has 0 spiro atoms. The predicted octanol–water partition coefficient (Wildman–Crippen LogP) is 5.68. The maximum absolute atomic E-state index is 12.8. The van der Waals surface area contributed by atoms with Crippen LogP contribution in [-0.2, 0) is 27.0 Å². The van der Waals surface area contributed by atoms with Gasteiger partial charge in [0.1, 0.15) is 5.75 Å². The highest BCUT2D eigenvalue weighted by Gasteiger charge is 2.31. The van der Waals surface area contributed by atoms with Crippen molar-refractivity contribution in [3.8, 4) is 5.75 Å². The number of pyridine rings is 1. The first kappa shape index (κ1) is 27.2. The molecule has 186 valence electrons. The Bertz CT molecular complexity index is 1030. The molecule has 0 bridgehead atoms. The zero-order valence-electron chi connectivity index (χ0n) is 19.3. The molecule has 1 heterocycles. The maximum Gasteiger partial charge on any atom is 0.417 e. The van der Waals surface area contributed by atoms with Gasteiger partial charge in [-0.3, -0.25) is 14.6 Å². The van der Waals surface area contributed by atoms with Crippen molar-refractivity contribution in [3.63, 3.8) is 0 Å². The molecular weight excluding hydrogens is 475 g/mol. The first-order chi connectivity index (χ1) is 15.8. The second-order valence-corrected chi connectivity index (χ2v) is 8.50. The van der Waals surface area contributed by atoms with Crippen LogP contribution in [0.15, 0.2) is 30.5 Å². The number of hydrogen-bond donors (Lipinski definition) is 2. The van der Waals surface area contributed by atoms with Crippen molar-refractivity contribution in [2.75, 3.05) is 23.8 Å². The normalized spacial score (nSPS) is 11.6. The van der Waals surface area contributed by atoms with Crippen LogP contribution in [0.25, 0.3) is 0 Å². The minimum atomic E-state index is -4.55. The zero-order valence-corrected chi connectivity index (χ0v) is 20.1. The summed E-state index contributed by atoms with van der Waals surface area (Å²) in [5.74, 6) is -0.163. The fraction of sp³-hybridized carbons (Fsp3) is 0.435. The quantitative estimate of drug-likeness (QED) is 0.407. The molecule has 7 nitrogen and oxygen atoms in total. The highest BCUT2D eigenvalue weighted by Crippen LogP contribution is 2.32. The number of hydrogen-bond acceptors (Lipinski definition) is 6. The monoisotopic (exact) mass is 501 g/mol. The van der Waals surface area contributed by atoms with Gasteiger partial charge in [0, 0.05) is 19.2 Å². The van der Waals surface area contributed by atoms with E-state index in [4.69, 9.17) is 21.1 Å². The van der Waals surface area contributed by atoms with E-state index in [1.165, 1.54) is 6.92 Å². The summed E-state index contributed by atoms with van der Waals surface area (Å²) in [6, 6.07) is 5.71. The lowest BCUT2D eigenvalue weighted by molar-refractivity contribution is -0.154. The van der Waals surface area contributed by atoms with Gasteiger partial charge in [-0.15, -0.1) is 0 Å². The molecule has 0 aliphatic heterocycles. The van der Waals surface area contributed by atoms with Crippen molar-refractivity contribution in [2.24, 2.45) is 5.41 Å². The summed E-state index contributed by atoms with van der Waals surface area (Å²) in [6.45, 7) is 7.15. The Kier molecular flexibility index (Phi) is 9.14. The van der Waals surface area contributed by atoms with Gasteiger partial charge >= 0.3 is 12.1 Å². The summed E-state index contributed by atoms with van der Waals surface area (Å²) in [7, 11) is 0. The Balaban J connectivity index is 2.13. The van der Waals surface area contributed by atoms with Crippen LogP contribution in [0.3, 0.4) is 0 Å². The van der Waals surface area contributed by atoms with E-state index in [0.29, 0.717) is 36.3 Å². The van der Waals surface area contributed by atoms with E-state index in [0.717, 1.165) is 6.07 Å². The number of halogens is 4. The molecular formula is C23H27ClF3N3O4. The number of nitrogens with zero attached hydrogens (tertiary/aromatic N) is 1. The van der Waals surface area contributed by atoms with Crippen molar-refractivity contribution in [3.05, 3.63) is 46.7 Å². The van der Waals surface area contributed by atoms with Gasteiger partial charge in [-0.25, -0.2) is 0 Å². The van der Waals surface area contributed by atoms with Crippen LogP contribution < -0.4 is 15.4 Å². The summed E-state index contributed by atoms with van der Waals surface area (Å²) in [4.78, 5) is 27.4. The predicted molar refractivity (Wildman–Crippen MR) is 123 cm³/mol. The largest absolute Gasteiger partial charge is 0.493 e. The third-order valence-corrected chi connectivity index (χ3v) is 5.14. The summed E-state index contributed by atoms with van der Waals surface area (Å²) in [5.41, 5.74) is -0.574. The molecule has 0 unspecified atom stereocenters. The molecule has 2 aromatic rings. The number of anilines is 2. The molecule has 0 atom stereocenters. The van der Waals surface area contributed by atoms with Gasteiger partial charge in [-0.1, -0.05) is 11.6 Å². The standard InChI is InChI=1S/C23H27ClF3N3O4/c1-5-33-21(32)22(3,4)8-9-34-16-6-7-18(30-14(2)31)19(11-16)29-13-20-17(24)10-15(12-28-20)23(25,26)27/h6-7,10-12,29H,5,8-9,13H2,1-4H3,(H,30,31). The molecule has 34 heavy (non-hydrogen) atoms. The Morgan fingerprint density at radius 3 is 2.44 bits per heavy atom. The number of carbonyl (C=O) groups is 2. The summed E-state index contributed by atoms with van der Waals surface area (Å²) < 4.78 is 49.3. The number of esters is 1. The van der Waals surface area contributed by atoms with Gasteiger partial charge in [0.15, 0.2) is 0 Å². The van der Waals surface area contributed by atoms with Crippen molar-refractivity contribution >= 4 is 34.9 Å². The lowest BCUT2D eigenvalue weighted by Crippen LogP contribution is -2.28. The van der Waals surface area contributed by atoms with E-state index >= 15 is 0 Å². The second-order valence-electron chi connectivity index (χ2n) is 8.10. The van der Waals surface area contributed by atoms with E-state index in [9.17, 15) is 22.8 Å². The van der Waals surface area contributed by atoms with Gasteiger partial charge in [0.2, 0.25) is 5.91 Å². The molecule has 1 aromatic heterocycles. The van der Waals surface area contributed by atoms with Gasteiger partial charge in [-0.05, 0) is 45.4 Å². The fourth-order valence-electron chi connectivity index (χ4n) is 2.84. The number of amides is 1. The third kappa shape index (κ3) is 7.79. The summed E-state index contributed by atoms with van der Waals surface area (Å²) >= 11 is 5.98. The number of rotatable bonds is 10. The van der Waals surface area contributed by atoms with Gasteiger partial charge in [-0.2, -0.15) is 13.2 Å². The molecule has 0 saturated carbocycles.